The zero-order valence-corrected chi connectivity index (χ0v) is 31.6. The molecule has 1 N–H and O–H groups in total. The van der Waals surface area contributed by atoms with Gasteiger partial charge in [0.1, 0.15) is 0 Å². The van der Waals surface area contributed by atoms with E-state index in [1.54, 1.807) is 0 Å². The van der Waals surface area contributed by atoms with Gasteiger partial charge in [-0.15, -0.1) is 0 Å². The van der Waals surface area contributed by atoms with Gasteiger partial charge in [0.2, 0.25) is 0 Å². The highest BCUT2D eigenvalue weighted by molar-refractivity contribution is 6.23. The predicted molar refractivity (Wildman–Crippen MR) is 239 cm³/mol. The molecule has 12 rings (SSSR count). The van der Waals surface area contributed by atoms with Gasteiger partial charge in [0.25, 0.3) is 0 Å². The monoisotopic (exact) mass is 714 g/mol. The van der Waals surface area contributed by atoms with Crippen LogP contribution in [0.3, 0.4) is 0 Å². The van der Waals surface area contributed by atoms with E-state index < -0.39 is 0 Å². The maximum Gasteiger partial charge on any atom is 0.0568 e. The molecule has 264 valence electrons. The van der Waals surface area contributed by atoms with Crippen molar-refractivity contribution in [3.05, 3.63) is 181 Å². The second kappa shape index (κ2) is 11.3. The summed E-state index contributed by atoms with van der Waals surface area (Å²) in [6.45, 7) is 4.81. The van der Waals surface area contributed by atoms with Crippen molar-refractivity contribution in [3.8, 4) is 44.5 Å². The number of para-hydroxylation sites is 4. The molecular weight excluding hydrogens is 677 g/mol. The van der Waals surface area contributed by atoms with Crippen LogP contribution in [0.15, 0.2) is 170 Å². The molecule has 9 aromatic carbocycles. The molecule has 2 heteroatoms. The average molecular weight is 715 g/mol. The summed E-state index contributed by atoms with van der Waals surface area (Å²) in [4.78, 5) is 3.82. The van der Waals surface area contributed by atoms with Crippen molar-refractivity contribution in [1.82, 2.24) is 9.55 Å². The number of hydrogen-bond acceptors (Lipinski definition) is 0. The van der Waals surface area contributed by atoms with Gasteiger partial charge in [-0.25, -0.2) is 0 Å². The average Bonchev–Trinajstić information content (AvgIpc) is 3.85. The molecule has 0 amide bonds. The number of fused-ring (bicyclic) bond motifs is 11. The standard InChI is InChI=1S/C54H38N2/c1-54(2)47-28-7-4-15-34(47)39-22-12-27-44(51(39)54)50-37-20-10-18-32(40-23-13-24-41-35-16-5-8-29-48(35)55-52(40)41)45(37)31-46-33(19-11-21-38(46)50)42-25-14-26-43-36-17-6-9-30-49(36)56(3)53(42)43/h4-31,55H,1-3H3. The van der Waals surface area contributed by atoms with Crippen LogP contribution in [-0.2, 0) is 12.5 Å². The smallest absolute Gasteiger partial charge is 0.0568 e. The Bertz CT molecular complexity index is 3460. The lowest BCUT2D eigenvalue weighted by Gasteiger charge is -2.26. The molecule has 0 saturated heterocycles. The lowest BCUT2D eigenvalue weighted by molar-refractivity contribution is 0.662. The largest absolute Gasteiger partial charge is 0.354 e. The Balaban J connectivity index is 1.24. The topological polar surface area (TPSA) is 20.7 Å². The normalized spacial score (nSPS) is 13.4. The van der Waals surface area contributed by atoms with Gasteiger partial charge in [0, 0.05) is 56.2 Å². The quantitative estimate of drug-likeness (QED) is 0.176. The zero-order chi connectivity index (χ0) is 37.3. The molecule has 2 heterocycles. The van der Waals surface area contributed by atoms with Crippen LogP contribution in [0, 0.1) is 0 Å². The number of nitrogens with one attached hydrogen (secondary N) is 1. The molecule has 11 aromatic rings. The Hall–Kier alpha value is -6.90. The first-order valence-corrected chi connectivity index (χ1v) is 19.7. The van der Waals surface area contributed by atoms with E-state index in [0.29, 0.717) is 0 Å². The summed E-state index contributed by atoms with van der Waals surface area (Å²) in [5.41, 5.74) is 17.7. The van der Waals surface area contributed by atoms with Gasteiger partial charge in [-0.3, -0.25) is 0 Å². The minimum absolute atomic E-state index is 0.170. The highest BCUT2D eigenvalue weighted by atomic mass is 14.9. The molecule has 0 aliphatic heterocycles. The highest BCUT2D eigenvalue weighted by Gasteiger charge is 2.38. The van der Waals surface area contributed by atoms with Gasteiger partial charge in [0.15, 0.2) is 0 Å². The fourth-order valence-electron chi connectivity index (χ4n) is 10.5. The van der Waals surface area contributed by atoms with E-state index in [4.69, 9.17) is 0 Å². The van der Waals surface area contributed by atoms with Crippen molar-refractivity contribution < 1.29 is 0 Å². The molecule has 1 aliphatic rings. The van der Waals surface area contributed by atoms with Gasteiger partial charge in [-0.05, 0) is 84.3 Å². The number of aromatic nitrogens is 2. The molecule has 1 aliphatic carbocycles. The van der Waals surface area contributed by atoms with Crippen LogP contribution >= 0.6 is 0 Å². The first-order chi connectivity index (χ1) is 27.5. The van der Waals surface area contributed by atoms with Gasteiger partial charge in [-0.1, -0.05) is 166 Å². The molecular formula is C54H38N2. The second-order valence-corrected chi connectivity index (χ2v) is 16.1. The Kier molecular flexibility index (Phi) is 6.36. The van der Waals surface area contributed by atoms with Crippen molar-refractivity contribution in [2.75, 3.05) is 0 Å². The fourth-order valence-corrected chi connectivity index (χ4v) is 10.5. The van der Waals surface area contributed by atoms with Crippen LogP contribution in [0.4, 0.5) is 0 Å². The van der Waals surface area contributed by atoms with Crippen molar-refractivity contribution in [1.29, 1.82) is 0 Å². The Morgan fingerprint density at radius 3 is 1.75 bits per heavy atom. The van der Waals surface area contributed by atoms with Gasteiger partial charge < -0.3 is 9.55 Å². The van der Waals surface area contributed by atoms with Crippen LogP contribution in [0.25, 0.3) is 110 Å². The van der Waals surface area contributed by atoms with Crippen LogP contribution in [0.2, 0.25) is 0 Å². The fraction of sp³-hybridized carbons (Fsp3) is 0.0741. The molecule has 0 saturated carbocycles. The molecule has 0 radical (unpaired) electrons. The minimum Gasteiger partial charge on any atom is -0.354 e. The lowest BCUT2D eigenvalue weighted by atomic mass is 9.77. The second-order valence-electron chi connectivity index (χ2n) is 16.1. The molecule has 2 aromatic heterocycles. The summed E-state index contributed by atoms with van der Waals surface area (Å²) < 4.78 is 2.38. The van der Waals surface area contributed by atoms with Gasteiger partial charge >= 0.3 is 0 Å². The summed E-state index contributed by atoms with van der Waals surface area (Å²) in [5.74, 6) is 0. The number of aromatic amines is 1. The third kappa shape index (κ3) is 4.11. The third-order valence-corrected chi connectivity index (χ3v) is 12.9. The van der Waals surface area contributed by atoms with Gasteiger partial charge in [0.05, 0.1) is 11.0 Å². The Morgan fingerprint density at radius 2 is 0.946 bits per heavy atom. The van der Waals surface area contributed by atoms with Crippen LogP contribution < -0.4 is 0 Å². The first kappa shape index (κ1) is 31.5. The molecule has 0 bridgehead atoms. The van der Waals surface area contributed by atoms with Crippen LogP contribution in [-0.4, -0.2) is 9.55 Å². The van der Waals surface area contributed by atoms with E-state index in [-0.39, 0.29) is 5.41 Å². The van der Waals surface area contributed by atoms with Crippen molar-refractivity contribution >= 4 is 65.2 Å². The number of hydrogen-bond donors (Lipinski definition) is 1. The summed E-state index contributed by atoms with van der Waals surface area (Å²) in [6, 6.07) is 63.4. The third-order valence-electron chi connectivity index (χ3n) is 12.9. The van der Waals surface area contributed by atoms with E-state index in [0.717, 1.165) is 5.52 Å². The number of aryl methyl sites for hydroxylation is 1. The SMILES string of the molecule is Cn1c2ccccc2c2cccc(-c3cccc4c(-c5cccc6c5C(C)(C)c5ccccc5-6)c5cccc(-c6cccc7c6[nH]c6ccccc67)c5cc34)c21. The van der Waals surface area contributed by atoms with Gasteiger partial charge in [-0.2, -0.15) is 0 Å². The number of benzene rings is 9. The number of rotatable bonds is 3. The Labute approximate surface area is 325 Å². The summed E-state index contributed by atoms with van der Waals surface area (Å²) in [7, 11) is 2.21. The van der Waals surface area contributed by atoms with E-state index >= 15 is 0 Å². The van der Waals surface area contributed by atoms with E-state index in [1.165, 1.54) is 115 Å². The van der Waals surface area contributed by atoms with E-state index in [1.807, 2.05) is 0 Å². The minimum atomic E-state index is -0.170. The number of H-pyrrole nitrogens is 1. The number of nitrogens with zero attached hydrogens (tertiary/aromatic N) is 1. The van der Waals surface area contributed by atoms with E-state index in [9.17, 15) is 0 Å². The van der Waals surface area contributed by atoms with Crippen molar-refractivity contribution in [2.45, 2.75) is 19.3 Å². The molecule has 0 atom stereocenters. The van der Waals surface area contributed by atoms with E-state index in [2.05, 4.69) is 200 Å². The van der Waals surface area contributed by atoms with Crippen LogP contribution in [0.5, 0.6) is 0 Å². The molecule has 56 heavy (non-hydrogen) atoms. The van der Waals surface area contributed by atoms with Crippen LogP contribution in [0.1, 0.15) is 25.0 Å². The van der Waals surface area contributed by atoms with Crippen molar-refractivity contribution in [2.24, 2.45) is 7.05 Å². The maximum absolute atomic E-state index is 3.82. The molecule has 0 fully saturated rings. The Morgan fingerprint density at radius 1 is 0.411 bits per heavy atom. The molecule has 0 spiro atoms. The molecule has 2 nitrogen and oxygen atoms in total. The molecule has 0 unspecified atom stereocenters. The summed E-state index contributed by atoms with van der Waals surface area (Å²) >= 11 is 0. The highest BCUT2D eigenvalue weighted by Crippen LogP contribution is 2.54. The zero-order valence-electron chi connectivity index (χ0n) is 31.6. The first-order valence-electron chi connectivity index (χ1n) is 19.7. The summed E-state index contributed by atoms with van der Waals surface area (Å²) in [5, 5.41) is 10.1. The van der Waals surface area contributed by atoms with Crippen molar-refractivity contribution in [3.63, 3.8) is 0 Å². The lowest BCUT2D eigenvalue weighted by Crippen LogP contribution is -2.16. The predicted octanol–water partition coefficient (Wildman–Crippen LogP) is 14.6. The summed E-state index contributed by atoms with van der Waals surface area (Å²) in [6.07, 6.45) is 0. The maximum atomic E-state index is 3.82.